The summed E-state index contributed by atoms with van der Waals surface area (Å²) in [6.07, 6.45) is -0.303. The number of carbonyl (C=O) groups excluding carboxylic acids is 4. The third-order valence-electron chi connectivity index (χ3n) is 14.6. The molecule has 2 saturated heterocycles. The Morgan fingerprint density at radius 2 is 1.80 bits per heavy atom. The van der Waals surface area contributed by atoms with E-state index in [0.29, 0.717) is 32.4 Å². The van der Waals surface area contributed by atoms with Gasteiger partial charge in [-0.2, -0.15) is 0 Å². The standard InChI is InChI=1S/C38H50N2O11/c1-7-39-17-35(18-50-33(44)21-10-8-9-11-24(21)40-27(42)14-19(2)32(40)43)13-12-26(48-5)37-23-15-22-25(47-4)16-36(45,28(23)29(22)51-20(3)41)38(46,34(37)39)31(49-6)30(35)37/h8-11,19,22-23,25-26,28-31,34,45-46H,7,12-18H2,1-6H3/t19-,22+,23+,25-,26-,28+,29-,30+,31-,34-,35-,36+,37+,38-/m0/s1. The molecule has 1 aromatic rings. The number of ether oxygens (including phenoxy) is 5. The number of piperidine rings is 1. The van der Waals surface area contributed by atoms with Gasteiger partial charge >= 0.3 is 11.9 Å². The number of esters is 2. The Morgan fingerprint density at radius 1 is 1.06 bits per heavy atom. The highest BCUT2D eigenvalue weighted by atomic mass is 16.6. The number of rotatable bonds is 9. The molecule has 2 aliphatic heterocycles. The fourth-order valence-corrected chi connectivity index (χ4v) is 13.2. The van der Waals surface area contributed by atoms with Crippen molar-refractivity contribution in [2.45, 2.75) is 94.5 Å². The van der Waals surface area contributed by atoms with E-state index in [2.05, 4.69) is 4.90 Å². The van der Waals surface area contributed by atoms with Crippen molar-refractivity contribution in [1.82, 2.24) is 4.90 Å². The zero-order valence-corrected chi connectivity index (χ0v) is 30.2. The van der Waals surface area contributed by atoms with Crippen LogP contribution in [0.25, 0.3) is 0 Å². The summed E-state index contributed by atoms with van der Waals surface area (Å²) in [5.74, 6) is -3.74. The highest BCUT2D eigenvalue weighted by Crippen LogP contribution is 2.80. The van der Waals surface area contributed by atoms with Crippen LogP contribution in [0.15, 0.2) is 24.3 Å². The Balaban J connectivity index is 1.24. The van der Waals surface area contributed by atoms with Crippen molar-refractivity contribution in [3.63, 3.8) is 0 Å². The molecular weight excluding hydrogens is 660 g/mol. The average molecular weight is 711 g/mol. The molecule has 0 radical (unpaired) electrons. The van der Waals surface area contributed by atoms with Crippen LogP contribution in [0.5, 0.6) is 0 Å². The summed E-state index contributed by atoms with van der Waals surface area (Å²) in [5.41, 5.74) is -4.72. The minimum atomic E-state index is -1.82. The van der Waals surface area contributed by atoms with Crippen LogP contribution in [0.4, 0.5) is 5.69 Å². The summed E-state index contributed by atoms with van der Waals surface area (Å²) in [6, 6.07) is 5.95. The number of para-hydroxylation sites is 1. The number of amides is 2. The van der Waals surface area contributed by atoms with Gasteiger partial charge in [-0.15, -0.1) is 0 Å². The summed E-state index contributed by atoms with van der Waals surface area (Å²) < 4.78 is 31.1. The average Bonchev–Trinajstić information content (AvgIpc) is 3.61. The molecule has 8 rings (SSSR count). The fourth-order valence-electron chi connectivity index (χ4n) is 13.2. The maximum Gasteiger partial charge on any atom is 0.340 e. The second-order valence-corrected chi connectivity index (χ2v) is 16.3. The molecule has 51 heavy (non-hydrogen) atoms. The molecule has 13 heteroatoms. The monoisotopic (exact) mass is 710 g/mol. The lowest BCUT2D eigenvalue weighted by molar-refractivity contribution is -0.319. The number of aliphatic hydroxyl groups is 2. The number of likely N-dealkylation sites (tertiary alicyclic amines) is 1. The smallest absolute Gasteiger partial charge is 0.340 e. The Morgan fingerprint density at radius 3 is 2.43 bits per heavy atom. The van der Waals surface area contributed by atoms with Crippen molar-refractivity contribution in [3.05, 3.63) is 29.8 Å². The molecule has 7 fully saturated rings. The fraction of sp³-hybridized carbons (Fsp3) is 0.737. The molecule has 2 heterocycles. The van der Waals surface area contributed by atoms with Gasteiger partial charge in [0.2, 0.25) is 11.8 Å². The van der Waals surface area contributed by atoms with Crippen LogP contribution in [0.2, 0.25) is 0 Å². The number of anilines is 1. The lowest BCUT2D eigenvalue weighted by Crippen LogP contribution is -2.82. The second-order valence-electron chi connectivity index (χ2n) is 16.3. The minimum Gasteiger partial charge on any atom is -0.462 e. The number of imide groups is 1. The van der Waals surface area contributed by atoms with Gasteiger partial charge in [-0.1, -0.05) is 26.0 Å². The number of nitrogens with zero attached hydrogens (tertiary/aromatic N) is 2. The first kappa shape index (κ1) is 35.1. The molecule has 0 aromatic heterocycles. The van der Waals surface area contributed by atoms with E-state index in [1.165, 1.54) is 6.92 Å². The minimum absolute atomic E-state index is 0.0201. The van der Waals surface area contributed by atoms with Crippen molar-refractivity contribution < 1.29 is 53.1 Å². The summed E-state index contributed by atoms with van der Waals surface area (Å²) in [4.78, 5) is 55.9. The number of hydrogen-bond acceptors (Lipinski definition) is 12. The zero-order valence-electron chi connectivity index (χ0n) is 30.2. The van der Waals surface area contributed by atoms with E-state index in [1.54, 1.807) is 52.5 Å². The topological polar surface area (TPSA) is 161 Å². The van der Waals surface area contributed by atoms with E-state index in [9.17, 15) is 29.4 Å². The zero-order chi connectivity index (χ0) is 36.4. The SMILES string of the molecule is CCN1C[C@]2(COC(=O)c3ccccc3N3C(=O)C[C@H](C)C3=O)CC[C@H](OC)[C@]34[C@@H]5C[C@H]6[C@H](OC(C)=O)[C@@H]5[C@](O)(C[C@@H]6OC)[C@](O)([C@@H](OC)[C@H]23)[C@@H]14. The molecular formula is C38H50N2O11. The number of likely N-dealkylation sites (N-methyl/N-ethyl adjacent to an activating group) is 1. The lowest BCUT2D eigenvalue weighted by atomic mass is 9.42. The van der Waals surface area contributed by atoms with Gasteiger partial charge in [0.05, 0.1) is 42.2 Å². The van der Waals surface area contributed by atoms with E-state index >= 15 is 0 Å². The number of methoxy groups -OCH3 is 3. The molecule has 13 nitrogen and oxygen atoms in total. The molecule has 7 aliphatic rings. The van der Waals surface area contributed by atoms with Crippen LogP contribution in [0, 0.1) is 40.4 Å². The number of fused-ring (bicyclic) bond motifs is 2. The third kappa shape index (κ3) is 4.19. The Bertz CT molecular complexity index is 1650. The van der Waals surface area contributed by atoms with E-state index in [1.807, 2.05) is 6.92 Å². The molecule has 7 bridgehead atoms. The highest BCUT2D eigenvalue weighted by Gasteiger charge is 2.92. The quantitative estimate of drug-likeness (QED) is 0.284. The van der Waals surface area contributed by atoms with Crippen molar-refractivity contribution >= 4 is 29.4 Å². The lowest BCUT2D eigenvalue weighted by Gasteiger charge is -2.70. The molecule has 2 amide bonds. The van der Waals surface area contributed by atoms with Crippen molar-refractivity contribution in [2.75, 3.05) is 45.9 Å². The molecule has 14 atom stereocenters. The first-order chi connectivity index (χ1) is 24.3. The van der Waals surface area contributed by atoms with Gasteiger partial charge in [0.15, 0.2) is 0 Å². The molecule has 5 saturated carbocycles. The van der Waals surface area contributed by atoms with Gasteiger partial charge in [0, 0.05) is 82.1 Å². The second kappa shape index (κ2) is 11.8. The van der Waals surface area contributed by atoms with Crippen LogP contribution < -0.4 is 4.90 Å². The van der Waals surface area contributed by atoms with Crippen molar-refractivity contribution in [2.24, 2.45) is 40.4 Å². The van der Waals surface area contributed by atoms with Gasteiger partial charge in [-0.25, -0.2) is 9.69 Å². The maximum absolute atomic E-state index is 14.1. The van der Waals surface area contributed by atoms with Crippen LogP contribution in [-0.2, 0) is 38.1 Å². The molecule has 0 unspecified atom stereocenters. The number of carbonyl (C=O) groups is 4. The van der Waals surface area contributed by atoms with E-state index in [4.69, 9.17) is 23.7 Å². The Labute approximate surface area is 297 Å². The van der Waals surface area contributed by atoms with E-state index < -0.39 is 76.1 Å². The van der Waals surface area contributed by atoms with E-state index in [0.717, 1.165) is 4.90 Å². The van der Waals surface area contributed by atoms with E-state index in [-0.39, 0.29) is 60.5 Å². The van der Waals surface area contributed by atoms with Crippen LogP contribution in [-0.4, -0.2) is 122 Å². The van der Waals surface area contributed by atoms with Crippen molar-refractivity contribution in [1.29, 1.82) is 0 Å². The van der Waals surface area contributed by atoms with Gasteiger partial charge in [-0.05, 0) is 43.9 Å². The van der Waals surface area contributed by atoms with Crippen LogP contribution in [0.3, 0.4) is 0 Å². The highest BCUT2D eigenvalue weighted by molar-refractivity contribution is 6.22. The van der Waals surface area contributed by atoms with Gasteiger partial charge in [0.25, 0.3) is 0 Å². The van der Waals surface area contributed by atoms with Crippen molar-refractivity contribution in [3.8, 4) is 0 Å². The summed E-state index contributed by atoms with van der Waals surface area (Å²) in [5, 5.41) is 26.7. The summed E-state index contributed by atoms with van der Waals surface area (Å²) in [7, 11) is 4.85. The van der Waals surface area contributed by atoms with Crippen LogP contribution in [0.1, 0.15) is 63.2 Å². The summed E-state index contributed by atoms with van der Waals surface area (Å²) in [6.45, 7) is 6.10. The largest absolute Gasteiger partial charge is 0.462 e. The molecule has 1 spiro atoms. The Hall–Kier alpha value is -2.94. The molecule has 2 N–H and O–H groups in total. The van der Waals surface area contributed by atoms with Gasteiger partial charge in [0.1, 0.15) is 17.3 Å². The molecule has 1 aromatic carbocycles. The molecule has 5 aliphatic carbocycles. The summed E-state index contributed by atoms with van der Waals surface area (Å²) >= 11 is 0. The molecule has 278 valence electrons. The number of hydrogen-bond donors (Lipinski definition) is 2. The first-order valence-corrected chi connectivity index (χ1v) is 18.4. The third-order valence-corrected chi connectivity index (χ3v) is 14.6. The predicted octanol–water partition coefficient (Wildman–Crippen LogP) is 1.95. The normalized spacial score (nSPS) is 46.4. The van der Waals surface area contributed by atoms with Gasteiger partial charge in [-0.3, -0.25) is 19.3 Å². The van der Waals surface area contributed by atoms with Crippen LogP contribution >= 0.6 is 0 Å². The maximum atomic E-state index is 14.1. The van der Waals surface area contributed by atoms with Gasteiger partial charge < -0.3 is 33.9 Å². The number of benzene rings is 1. The predicted molar refractivity (Wildman–Crippen MR) is 179 cm³/mol. The first-order valence-electron chi connectivity index (χ1n) is 18.4. The Kier molecular flexibility index (Phi) is 8.11.